The lowest BCUT2D eigenvalue weighted by molar-refractivity contribution is 1.18. The van der Waals surface area contributed by atoms with E-state index in [1.165, 1.54) is 81.9 Å². The zero-order valence-electron chi connectivity index (χ0n) is 34.0. The second-order valence-corrected chi connectivity index (χ2v) is 16.1. The minimum absolute atomic E-state index is 1.10. The highest BCUT2D eigenvalue weighted by Gasteiger charge is 2.20. The molecule has 290 valence electrons. The van der Waals surface area contributed by atoms with E-state index in [1.807, 2.05) is 0 Å². The summed E-state index contributed by atoms with van der Waals surface area (Å²) in [5.74, 6) is 0. The molecule has 0 radical (unpaired) electrons. The summed E-state index contributed by atoms with van der Waals surface area (Å²) in [5, 5.41) is 9.93. The summed E-state index contributed by atoms with van der Waals surface area (Å²) in [4.78, 5) is 2.44. The largest absolute Gasteiger partial charge is 0.310 e. The highest BCUT2D eigenvalue weighted by atomic mass is 15.1. The molecule has 0 bridgehead atoms. The van der Waals surface area contributed by atoms with Crippen molar-refractivity contribution in [2.75, 3.05) is 4.90 Å². The number of hydrogen-bond acceptors (Lipinski definition) is 1. The van der Waals surface area contributed by atoms with Crippen LogP contribution in [0.1, 0.15) is 0 Å². The monoisotopic (exact) mass is 788 g/mol. The minimum Gasteiger partial charge on any atom is -0.310 e. The molecular formula is C60H40N2. The Morgan fingerprint density at radius 1 is 0.290 bits per heavy atom. The van der Waals surface area contributed by atoms with E-state index in [1.54, 1.807) is 0 Å². The molecule has 0 aliphatic rings. The Morgan fingerprint density at radius 2 is 0.887 bits per heavy atom. The number of nitrogens with zero attached hydrogens (tertiary/aromatic N) is 2. The molecule has 0 aliphatic heterocycles. The Morgan fingerprint density at radius 3 is 1.73 bits per heavy atom. The number of fused-ring (bicyclic) bond motifs is 7. The Hall–Kier alpha value is -8.20. The van der Waals surface area contributed by atoms with Gasteiger partial charge in [0.25, 0.3) is 0 Å². The van der Waals surface area contributed by atoms with Crippen molar-refractivity contribution in [2.24, 2.45) is 0 Å². The lowest BCUT2D eigenvalue weighted by atomic mass is 9.95. The smallest absolute Gasteiger partial charge is 0.0547 e. The van der Waals surface area contributed by atoms with Gasteiger partial charge in [0.1, 0.15) is 0 Å². The normalized spacial score (nSPS) is 11.5. The molecule has 2 nitrogen and oxygen atoms in total. The Kier molecular flexibility index (Phi) is 8.53. The van der Waals surface area contributed by atoms with Crippen LogP contribution in [0.2, 0.25) is 0 Å². The Balaban J connectivity index is 1.00. The third-order valence-electron chi connectivity index (χ3n) is 12.5. The maximum absolute atomic E-state index is 2.44. The van der Waals surface area contributed by atoms with Crippen molar-refractivity contribution in [3.63, 3.8) is 0 Å². The second kappa shape index (κ2) is 14.8. The van der Waals surface area contributed by atoms with Crippen molar-refractivity contribution in [3.05, 3.63) is 243 Å². The van der Waals surface area contributed by atoms with Gasteiger partial charge >= 0.3 is 0 Å². The number of hydrogen-bond donors (Lipinski definition) is 0. The van der Waals surface area contributed by atoms with Crippen LogP contribution in [-0.2, 0) is 0 Å². The van der Waals surface area contributed by atoms with Gasteiger partial charge in [-0.2, -0.15) is 0 Å². The molecular weight excluding hydrogens is 749 g/mol. The Labute approximate surface area is 360 Å². The number of aromatic nitrogens is 1. The molecule has 0 saturated carbocycles. The van der Waals surface area contributed by atoms with Gasteiger partial charge in [0, 0.05) is 33.2 Å². The molecule has 2 heteroatoms. The van der Waals surface area contributed by atoms with E-state index in [4.69, 9.17) is 0 Å². The van der Waals surface area contributed by atoms with Crippen LogP contribution in [0.5, 0.6) is 0 Å². The molecule has 0 spiro atoms. The van der Waals surface area contributed by atoms with E-state index in [9.17, 15) is 0 Å². The first-order valence-corrected chi connectivity index (χ1v) is 21.3. The number of benzene rings is 11. The van der Waals surface area contributed by atoms with Crippen LogP contribution < -0.4 is 4.90 Å². The first-order valence-electron chi connectivity index (χ1n) is 21.3. The van der Waals surface area contributed by atoms with Gasteiger partial charge in [-0.05, 0) is 127 Å². The summed E-state index contributed by atoms with van der Waals surface area (Å²) in [6.07, 6.45) is 0. The van der Waals surface area contributed by atoms with E-state index in [-0.39, 0.29) is 0 Å². The molecule has 62 heavy (non-hydrogen) atoms. The van der Waals surface area contributed by atoms with E-state index < -0.39 is 0 Å². The summed E-state index contributed by atoms with van der Waals surface area (Å²) in [7, 11) is 0. The first kappa shape index (κ1) is 35.7. The third kappa shape index (κ3) is 6.04. The summed E-state index contributed by atoms with van der Waals surface area (Å²) >= 11 is 0. The van der Waals surface area contributed by atoms with Gasteiger partial charge in [0.15, 0.2) is 0 Å². The lowest BCUT2D eigenvalue weighted by Crippen LogP contribution is -2.10. The fourth-order valence-corrected chi connectivity index (χ4v) is 9.62. The highest BCUT2D eigenvalue weighted by molar-refractivity contribution is 6.16. The number of anilines is 3. The van der Waals surface area contributed by atoms with Crippen molar-refractivity contribution in [1.29, 1.82) is 0 Å². The number of para-hydroxylation sites is 2. The summed E-state index contributed by atoms with van der Waals surface area (Å²) in [6, 6.07) is 88.5. The van der Waals surface area contributed by atoms with E-state index in [0.717, 1.165) is 28.3 Å². The van der Waals surface area contributed by atoms with Crippen LogP contribution in [0.3, 0.4) is 0 Å². The molecule has 0 amide bonds. The summed E-state index contributed by atoms with van der Waals surface area (Å²) in [5.41, 5.74) is 14.0. The first-order chi connectivity index (χ1) is 30.7. The molecule has 0 aliphatic carbocycles. The van der Waals surface area contributed by atoms with Crippen LogP contribution in [0, 0.1) is 0 Å². The molecule has 0 N–H and O–H groups in total. The lowest BCUT2D eigenvalue weighted by Gasteiger charge is -2.28. The van der Waals surface area contributed by atoms with Crippen molar-refractivity contribution < 1.29 is 0 Å². The van der Waals surface area contributed by atoms with Gasteiger partial charge in [-0.3, -0.25) is 0 Å². The van der Waals surface area contributed by atoms with Gasteiger partial charge in [-0.15, -0.1) is 0 Å². The molecule has 1 aromatic heterocycles. The van der Waals surface area contributed by atoms with E-state index in [2.05, 4.69) is 252 Å². The van der Waals surface area contributed by atoms with Gasteiger partial charge in [-0.25, -0.2) is 0 Å². The topological polar surface area (TPSA) is 8.17 Å². The highest BCUT2D eigenvalue weighted by Crippen LogP contribution is 2.44. The second-order valence-electron chi connectivity index (χ2n) is 16.1. The molecule has 0 unspecified atom stereocenters. The van der Waals surface area contributed by atoms with Gasteiger partial charge < -0.3 is 9.47 Å². The fraction of sp³-hybridized carbons (Fsp3) is 0. The third-order valence-corrected chi connectivity index (χ3v) is 12.5. The van der Waals surface area contributed by atoms with Crippen molar-refractivity contribution >= 4 is 71.2 Å². The van der Waals surface area contributed by atoms with Crippen LogP contribution in [0.25, 0.3) is 93.2 Å². The SMILES string of the molecule is c1ccc(-n2c3ccccc3c3c(-c4cccc(-c5cccc(N(c6ccc(-c7ccc8ccccc8c7)cc6)c6cc7ccccc7c7ccccc67)c5)c4)cccc32)cc1. The van der Waals surface area contributed by atoms with Crippen molar-refractivity contribution in [3.8, 4) is 39.1 Å². The van der Waals surface area contributed by atoms with Crippen LogP contribution in [0.15, 0.2) is 243 Å². The standard InChI is InChI=1S/C60H40N2/c1-2-21-49(22-3-1)62-57-29-11-10-27-56(57)60-53(28-14-30-58(60)62)47-20-12-18-44(38-47)45-19-13-23-51(39-45)61(59-40-48-17-6-7-24-52(48)54-25-8-9-26-55(54)59)50-35-33-42(34-36-50)46-32-31-41-15-4-5-16-43(41)37-46/h1-40H. The molecule has 1 heterocycles. The van der Waals surface area contributed by atoms with Gasteiger partial charge in [0.2, 0.25) is 0 Å². The minimum atomic E-state index is 1.10. The summed E-state index contributed by atoms with van der Waals surface area (Å²) < 4.78 is 2.39. The maximum Gasteiger partial charge on any atom is 0.0547 e. The Bertz CT molecular complexity index is 3640. The van der Waals surface area contributed by atoms with Crippen LogP contribution >= 0.6 is 0 Å². The molecule has 0 atom stereocenters. The van der Waals surface area contributed by atoms with Crippen molar-refractivity contribution in [2.45, 2.75) is 0 Å². The summed E-state index contributed by atoms with van der Waals surface area (Å²) in [6.45, 7) is 0. The molecule has 12 aromatic rings. The predicted octanol–water partition coefficient (Wildman–Crippen LogP) is 16.7. The van der Waals surface area contributed by atoms with Crippen molar-refractivity contribution in [1.82, 2.24) is 4.57 Å². The quantitative estimate of drug-likeness (QED) is 0.146. The molecule has 11 aromatic carbocycles. The van der Waals surface area contributed by atoms with Crippen LogP contribution in [0.4, 0.5) is 17.1 Å². The fourth-order valence-electron chi connectivity index (χ4n) is 9.62. The van der Waals surface area contributed by atoms with Gasteiger partial charge in [0.05, 0.1) is 16.7 Å². The average molecular weight is 789 g/mol. The van der Waals surface area contributed by atoms with Crippen LogP contribution in [-0.4, -0.2) is 4.57 Å². The number of rotatable bonds is 7. The predicted molar refractivity (Wildman–Crippen MR) is 264 cm³/mol. The zero-order chi connectivity index (χ0) is 41.0. The zero-order valence-corrected chi connectivity index (χ0v) is 34.0. The van der Waals surface area contributed by atoms with E-state index in [0.29, 0.717) is 0 Å². The maximum atomic E-state index is 2.44. The molecule has 12 rings (SSSR count). The average Bonchev–Trinajstić information content (AvgIpc) is 3.69. The van der Waals surface area contributed by atoms with E-state index >= 15 is 0 Å². The van der Waals surface area contributed by atoms with Gasteiger partial charge in [-0.1, -0.05) is 176 Å². The molecule has 0 fully saturated rings. The molecule has 0 saturated heterocycles.